The average molecular weight is 278 g/mol. The van der Waals surface area contributed by atoms with Crippen molar-refractivity contribution in [1.82, 2.24) is 0 Å². The minimum Gasteiger partial charge on any atom is -0.496 e. The molecule has 20 heavy (non-hydrogen) atoms. The van der Waals surface area contributed by atoms with Gasteiger partial charge in [-0.2, -0.15) is 0 Å². The Morgan fingerprint density at radius 3 is 2.20 bits per heavy atom. The number of hydrogen-bond acceptors (Lipinski definition) is 5. The van der Waals surface area contributed by atoms with Crippen molar-refractivity contribution in [3.63, 3.8) is 0 Å². The molecule has 1 aromatic carbocycles. The molecule has 1 heterocycles. The highest BCUT2D eigenvalue weighted by Crippen LogP contribution is 2.39. The van der Waals surface area contributed by atoms with Crippen LogP contribution in [0, 0.1) is 0 Å². The molecule has 0 saturated carbocycles. The standard InChI is InChI=1S/C15H18O5/c1-17-11-7-13(18-2)15(14(8-11)19-3)12(16)6-10-4-5-20-9-10/h4-5,7-9,12,16H,6H2,1-3H3. The van der Waals surface area contributed by atoms with Gasteiger partial charge in [-0.3, -0.25) is 0 Å². The second kappa shape index (κ2) is 6.34. The highest BCUT2D eigenvalue weighted by atomic mass is 16.5. The van der Waals surface area contributed by atoms with E-state index in [1.165, 1.54) is 0 Å². The molecule has 108 valence electrons. The average Bonchev–Trinajstić information content (AvgIpc) is 2.98. The summed E-state index contributed by atoms with van der Waals surface area (Å²) in [7, 11) is 4.65. The molecule has 2 aromatic rings. The first-order chi connectivity index (χ1) is 9.69. The molecule has 0 spiro atoms. The Morgan fingerprint density at radius 1 is 1.10 bits per heavy atom. The van der Waals surface area contributed by atoms with Crippen LogP contribution in [-0.2, 0) is 6.42 Å². The number of furan rings is 1. The van der Waals surface area contributed by atoms with E-state index in [0.29, 0.717) is 29.2 Å². The molecule has 0 bridgehead atoms. The quantitative estimate of drug-likeness (QED) is 0.880. The molecule has 0 saturated heterocycles. The van der Waals surface area contributed by atoms with Crippen LogP contribution in [0.2, 0.25) is 0 Å². The van der Waals surface area contributed by atoms with Crippen LogP contribution in [0.25, 0.3) is 0 Å². The van der Waals surface area contributed by atoms with Crippen molar-refractivity contribution < 1.29 is 23.7 Å². The number of rotatable bonds is 6. The molecule has 1 aromatic heterocycles. The normalized spacial score (nSPS) is 12.0. The Balaban J connectivity index is 2.37. The molecule has 0 aliphatic heterocycles. The van der Waals surface area contributed by atoms with Crippen LogP contribution in [0.5, 0.6) is 17.2 Å². The Morgan fingerprint density at radius 2 is 1.75 bits per heavy atom. The first-order valence-electron chi connectivity index (χ1n) is 6.18. The number of aliphatic hydroxyl groups is 1. The molecule has 0 fully saturated rings. The van der Waals surface area contributed by atoms with Crippen LogP contribution in [0.4, 0.5) is 0 Å². The van der Waals surface area contributed by atoms with E-state index in [1.54, 1.807) is 46.0 Å². The Labute approximate surface area is 117 Å². The maximum Gasteiger partial charge on any atom is 0.132 e. The summed E-state index contributed by atoms with van der Waals surface area (Å²) < 4.78 is 20.8. The molecule has 1 unspecified atom stereocenters. The van der Waals surface area contributed by atoms with Crippen LogP contribution >= 0.6 is 0 Å². The van der Waals surface area contributed by atoms with Gasteiger partial charge in [0.1, 0.15) is 17.2 Å². The van der Waals surface area contributed by atoms with E-state index in [0.717, 1.165) is 5.56 Å². The first-order valence-corrected chi connectivity index (χ1v) is 6.18. The summed E-state index contributed by atoms with van der Waals surface area (Å²) in [5.41, 5.74) is 1.49. The summed E-state index contributed by atoms with van der Waals surface area (Å²) >= 11 is 0. The Bertz CT molecular complexity index is 522. The van der Waals surface area contributed by atoms with Gasteiger partial charge < -0.3 is 23.7 Å². The number of ether oxygens (including phenoxy) is 3. The fourth-order valence-corrected chi connectivity index (χ4v) is 2.10. The molecular weight excluding hydrogens is 260 g/mol. The molecule has 0 aliphatic rings. The van der Waals surface area contributed by atoms with Crippen LogP contribution < -0.4 is 14.2 Å². The number of aliphatic hydroxyl groups excluding tert-OH is 1. The zero-order valence-corrected chi connectivity index (χ0v) is 11.8. The third-order valence-electron chi connectivity index (χ3n) is 3.10. The maximum absolute atomic E-state index is 10.4. The first kappa shape index (κ1) is 14.3. The summed E-state index contributed by atoms with van der Waals surface area (Å²) in [6.07, 6.45) is 2.83. The third-order valence-corrected chi connectivity index (χ3v) is 3.10. The summed E-state index contributed by atoms with van der Waals surface area (Å²) in [6, 6.07) is 5.25. The second-order valence-corrected chi connectivity index (χ2v) is 4.30. The molecule has 5 nitrogen and oxygen atoms in total. The van der Waals surface area contributed by atoms with E-state index < -0.39 is 6.10 Å². The molecule has 1 atom stereocenters. The largest absolute Gasteiger partial charge is 0.496 e. The summed E-state index contributed by atoms with van der Waals surface area (Å²) in [5.74, 6) is 1.66. The molecule has 0 radical (unpaired) electrons. The van der Waals surface area contributed by atoms with Crippen LogP contribution in [0.3, 0.4) is 0 Å². The Kier molecular flexibility index (Phi) is 4.53. The van der Waals surface area contributed by atoms with Gasteiger partial charge in [0.2, 0.25) is 0 Å². The highest BCUT2D eigenvalue weighted by molar-refractivity contribution is 5.52. The van der Waals surface area contributed by atoms with Gasteiger partial charge >= 0.3 is 0 Å². The van der Waals surface area contributed by atoms with Gasteiger partial charge in [0.15, 0.2) is 0 Å². The lowest BCUT2D eigenvalue weighted by Crippen LogP contribution is -2.06. The van der Waals surface area contributed by atoms with Gasteiger partial charge in [-0.1, -0.05) is 0 Å². The highest BCUT2D eigenvalue weighted by Gasteiger charge is 2.21. The molecule has 2 rings (SSSR count). The van der Waals surface area contributed by atoms with E-state index in [9.17, 15) is 5.11 Å². The van der Waals surface area contributed by atoms with Crippen molar-refractivity contribution in [2.45, 2.75) is 12.5 Å². The number of hydrogen-bond donors (Lipinski definition) is 1. The zero-order chi connectivity index (χ0) is 14.5. The van der Waals surface area contributed by atoms with Crippen molar-refractivity contribution in [3.8, 4) is 17.2 Å². The van der Waals surface area contributed by atoms with E-state index in [1.807, 2.05) is 6.07 Å². The van der Waals surface area contributed by atoms with E-state index in [2.05, 4.69) is 0 Å². The molecule has 5 heteroatoms. The van der Waals surface area contributed by atoms with Crippen LogP contribution in [0.1, 0.15) is 17.2 Å². The molecule has 0 aliphatic carbocycles. The van der Waals surface area contributed by atoms with Gasteiger partial charge in [0, 0.05) is 18.6 Å². The van der Waals surface area contributed by atoms with Crippen molar-refractivity contribution in [2.24, 2.45) is 0 Å². The lowest BCUT2D eigenvalue weighted by molar-refractivity contribution is 0.169. The van der Waals surface area contributed by atoms with Crippen molar-refractivity contribution in [1.29, 1.82) is 0 Å². The SMILES string of the molecule is COc1cc(OC)c(C(O)Cc2ccoc2)c(OC)c1. The monoisotopic (exact) mass is 278 g/mol. The van der Waals surface area contributed by atoms with Gasteiger partial charge in [-0.25, -0.2) is 0 Å². The van der Waals surface area contributed by atoms with E-state index >= 15 is 0 Å². The minimum atomic E-state index is -0.761. The molecular formula is C15H18O5. The zero-order valence-electron chi connectivity index (χ0n) is 11.8. The lowest BCUT2D eigenvalue weighted by atomic mass is 10.0. The minimum absolute atomic E-state index is 0.412. The van der Waals surface area contributed by atoms with Crippen molar-refractivity contribution in [2.75, 3.05) is 21.3 Å². The number of methoxy groups -OCH3 is 3. The predicted molar refractivity (Wildman–Crippen MR) is 73.5 cm³/mol. The van der Waals surface area contributed by atoms with Gasteiger partial charge in [-0.15, -0.1) is 0 Å². The maximum atomic E-state index is 10.4. The smallest absolute Gasteiger partial charge is 0.132 e. The molecule has 1 N–H and O–H groups in total. The third kappa shape index (κ3) is 2.88. The number of benzene rings is 1. The van der Waals surface area contributed by atoms with Gasteiger partial charge in [0.05, 0.1) is 45.5 Å². The van der Waals surface area contributed by atoms with Crippen LogP contribution in [-0.4, -0.2) is 26.4 Å². The fourth-order valence-electron chi connectivity index (χ4n) is 2.10. The second-order valence-electron chi connectivity index (χ2n) is 4.30. The van der Waals surface area contributed by atoms with E-state index in [-0.39, 0.29) is 0 Å². The van der Waals surface area contributed by atoms with Gasteiger partial charge in [-0.05, 0) is 11.6 Å². The van der Waals surface area contributed by atoms with Crippen molar-refractivity contribution >= 4 is 0 Å². The van der Waals surface area contributed by atoms with Gasteiger partial charge in [0.25, 0.3) is 0 Å². The molecule has 0 amide bonds. The fraction of sp³-hybridized carbons (Fsp3) is 0.333. The predicted octanol–water partition coefficient (Wildman–Crippen LogP) is 2.58. The topological polar surface area (TPSA) is 61.1 Å². The summed E-state index contributed by atoms with van der Waals surface area (Å²) in [5, 5.41) is 10.4. The summed E-state index contributed by atoms with van der Waals surface area (Å²) in [4.78, 5) is 0. The van der Waals surface area contributed by atoms with Crippen molar-refractivity contribution in [3.05, 3.63) is 41.9 Å². The van der Waals surface area contributed by atoms with E-state index in [4.69, 9.17) is 18.6 Å². The lowest BCUT2D eigenvalue weighted by Gasteiger charge is -2.18. The summed E-state index contributed by atoms with van der Waals surface area (Å²) in [6.45, 7) is 0. The Hall–Kier alpha value is -2.14. The van der Waals surface area contributed by atoms with Crippen LogP contribution in [0.15, 0.2) is 35.1 Å².